The van der Waals surface area contributed by atoms with Crippen molar-refractivity contribution in [2.75, 3.05) is 20.2 Å². The van der Waals surface area contributed by atoms with Gasteiger partial charge in [0.15, 0.2) is 17.1 Å². The molecule has 0 N–H and O–H groups in total. The monoisotopic (exact) mass is 353 g/mol. The summed E-state index contributed by atoms with van der Waals surface area (Å²) >= 11 is 0. The van der Waals surface area contributed by atoms with Crippen molar-refractivity contribution in [1.29, 1.82) is 0 Å². The maximum absolute atomic E-state index is 12.9. The van der Waals surface area contributed by atoms with Gasteiger partial charge in [0.2, 0.25) is 5.88 Å². The maximum atomic E-state index is 12.9. The molecule has 1 aromatic carbocycles. The topological polar surface area (TPSA) is 77.7 Å². The number of amides is 1. The lowest BCUT2D eigenvalue weighted by Gasteiger charge is -2.31. The van der Waals surface area contributed by atoms with Gasteiger partial charge in [-0.3, -0.25) is 9.78 Å². The number of rotatable bonds is 4. The predicted molar refractivity (Wildman–Crippen MR) is 94.4 cm³/mol. The van der Waals surface area contributed by atoms with E-state index in [9.17, 15) is 4.79 Å². The minimum Gasteiger partial charge on any atom is -0.493 e. The molecule has 0 spiro atoms. The molecule has 1 fully saturated rings. The second-order valence-electron chi connectivity index (χ2n) is 6.17. The molecule has 7 nitrogen and oxygen atoms in total. The Labute approximate surface area is 150 Å². The average molecular weight is 353 g/mol. The van der Waals surface area contributed by atoms with Crippen LogP contribution in [0, 0.1) is 0 Å². The number of para-hydroxylation sites is 1. The molecule has 0 bridgehead atoms. The zero-order valence-electron chi connectivity index (χ0n) is 14.4. The van der Waals surface area contributed by atoms with Crippen molar-refractivity contribution >= 4 is 16.9 Å². The SMILES string of the molecule is COc1cccc2cc(C(=O)N3CCC[C@@H](Oc4cnccn4)C3)oc12. The van der Waals surface area contributed by atoms with E-state index in [-0.39, 0.29) is 12.0 Å². The van der Waals surface area contributed by atoms with Gasteiger partial charge in [0.05, 0.1) is 19.9 Å². The highest BCUT2D eigenvalue weighted by Crippen LogP contribution is 2.29. The van der Waals surface area contributed by atoms with Crippen LogP contribution < -0.4 is 9.47 Å². The lowest BCUT2D eigenvalue weighted by Crippen LogP contribution is -2.44. The van der Waals surface area contributed by atoms with Crippen LogP contribution in [0.15, 0.2) is 47.3 Å². The summed E-state index contributed by atoms with van der Waals surface area (Å²) in [4.78, 5) is 22.8. The number of likely N-dealkylation sites (tertiary alicyclic amines) is 1. The number of hydrogen-bond acceptors (Lipinski definition) is 6. The van der Waals surface area contributed by atoms with Crippen molar-refractivity contribution in [2.45, 2.75) is 18.9 Å². The van der Waals surface area contributed by atoms with E-state index in [0.717, 1.165) is 18.2 Å². The van der Waals surface area contributed by atoms with E-state index < -0.39 is 0 Å². The molecule has 0 saturated carbocycles. The van der Waals surface area contributed by atoms with Crippen LogP contribution in [-0.4, -0.2) is 47.1 Å². The Balaban J connectivity index is 1.50. The normalized spacial score (nSPS) is 17.3. The third-order valence-corrected chi connectivity index (χ3v) is 4.43. The minimum absolute atomic E-state index is 0.108. The van der Waals surface area contributed by atoms with Gasteiger partial charge in [-0.25, -0.2) is 4.98 Å². The standard InChI is InChI=1S/C19H19N3O4/c1-24-15-6-2-4-13-10-16(26-18(13)15)19(23)22-9-3-5-14(12-22)25-17-11-20-7-8-21-17/h2,4,6-8,10-11,14H,3,5,9,12H2,1H3/t14-/m1/s1. The van der Waals surface area contributed by atoms with Crippen LogP contribution in [0.25, 0.3) is 11.0 Å². The Kier molecular flexibility index (Phi) is 4.43. The number of carbonyl (C=O) groups excluding carboxylic acids is 1. The van der Waals surface area contributed by atoms with Crippen LogP contribution in [0.4, 0.5) is 0 Å². The average Bonchev–Trinajstić information content (AvgIpc) is 3.12. The zero-order chi connectivity index (χ0) is 17.9. The summed E-state index contributed by atoms with van der Waals surface area (Å²) < 4.78 is 16.9. The molecule has 1 saturated heterocycles. The molecule has 1 aliphatic heterocycles. The Morgan fingerprint density at radius 3 is 3.08 bits per heavy atom. The molecular weight excluding hydrogens is 334 g/mol. The summed E-state index contributed by atoms with van der Waals surface area (Å²) in [7, 11) is 1.58. The van der Waals surface area contributed by atoms with Crippen molar-refractivity contribution in [3.63, 3.8) is 0 Å². The van der Waals surface area contributed by atoms with Gasteiger partial charge in [-0.1, -0.05) is 12.1 Å². The first-order valence-corrected chi connectivity index (χ1v) is 8.53. The number of benzene rings is 1. The van der Waals surface area contributed by atoms with E-state index in [4.69, 9.17) is 13.9 Å². The van der Waals surface area contributed by atoms with E-state index in [1.165, 1.54) is 0 Å². The molecule has 3 heterocycles. The van der Waals surface area contributed by atoms with E-state index in [2.05, 4.69) is 9.97 Å². The number of hydrogen-bond donors (Lipinski definition) is 0. The summed E-state index contributed by atoms with van der Waals surface area (Å²) in [6.45, 7) is 1.16. The Morgan fingerprint density at radius 2 is 2.27 bits per heavy atom. The second kappa shape index (κ2) is 7.03. The molecule has 26 heavy (non-hydrogen) atoms. The van der Waals surface area contributed by atoms with Gasteiger partial charge >= 0.3 is 0 Å². The van der Waals surface area contributed by atoms with Crippen molar-refractivity contribution < 1.29 is 18.7 Å². The first-order valence-electron chi connectivity index (χ1n) is 8.53. The van der Waals surface area contributed by atoms with Crippen LogP contribution in [0.3, 0.4) is 0 Å². The maximum Gasteiger partial charge on any atom is 0.289 e. The van der Waals surface area contributed by atoms with Crippen molar-refractivity contribution in [3.05, 3.63) is 48.6 Å². The van der Waals surface area contributed by atoms with E-state index in [1.54, 1.807) is 36.7 Å². The predicted octanol–water partition coefficient (Wildman–Crippen LogP) is 2.92. The molecule has 0 aliphatic carbocycles. The number of methoxy groups -OCH3 is 1. The number of piperidine rings is 1. The molecular formula is C19H19N3O4. The number of fused-ring (bicyclic) bond motifs is 1. The summed E-state index contributed by atoms with van der Waals surface area (Å²) in [6.07, 6.45) is 6.38. The number of furan rings is 1. The Morgan fingerprint density at radius 1 is 1.35 bits per heavy atom. The largest absolute Gasteiger partial charge is 0.493 e. The zero-order valence-corrected chi connectivity index (χ0v) is 14.4. The molecule has 4 rings (SSSR count). The van der Waals surface area contributed by atoms with Crippen LogP contribution in [0.5, 0.6) is 11.6 Å². The van der Waals surface area contributed by atoms with Gasteiger partial charge in [-0.15, -0.1) is 0 Å². The quantitative estimate of drug-likeness (QED) is 0.718. The van der Waals surface area contributed by atoms with Gasteiger partial charge in [0.1, 0.15) is 6.10 Å². The summed E-state index contributed by atoms with van der Waals surface area (Å²) in [5, 5.41) is 0.845. The van der Waals surface area contributed by atoms with Gasteiger partial charge in [-0.05, 0) is 25.0 Å². The minimum atomic E-state index is -0.143. The molecule has 0 radical (unpaired) electrons. The lowest BCUT2D eigenvalue weighted by atomic mass is 10.1. The van der Waals surface area contributed by atoms with E-state index >= 15 is 0 Å². The third kappa shape index (κ3) is 3.20. The van der Waals surface area contributed by atoms with Gasteiger partial charge < -0.3 is 18.8 Å². The Bertz CT molecular complexity index is 910. The second-order valence-corrected chi connectivity index (χ2v) is 6.17. The number of carbonyl (C=O) groups is 1. The highest BCUT2D eigenvalue weighted by Gasteiger charge is 2.28. The first kappa shape index (κ1) is 16.4. The molecule has 2 aromatic heterocycles. The highest BCUT2D eigenvalue weighted by atomic mass is 16.5. The molecule has 1 atom stereocenters. The smallest absolute Gasteiger partial charge is 0.289 e. The molecule has 134 valence electrons. The van der Waals surface area contributed by atoms with Crippen molar-refractivity contribution in [3.8, 4) is 11.6 Å². The van der Waals surface area contributed by atoms with Gasteiger partial charge in [0.25, 0.3) is 5.91 Å². The molecule has 1 aliphatic rings. The molecule has 7 heteroatoms. The van der Waals surface area contributed by atoms with Gasteiger partial charge in [0, 0.05) is 24.3 Å². The van der Waals surface area contributed by atoms with Crippen LogP contribution in [-0.2, 0) is 0 Å². The molecule has 3 aromatic rings. The van der Waals surface area contributed by atoms with E-state index in [0.29, 0.717) is 36.1 Å². The number of ether oxygens (including phenoxy) is 2. The van der Waals surface area contributed by atoms with Crippen molar-refractivity contribution in [2.24, 2.45) is 0 Å². The summed E-state index contributed by atoms with van der Waals surface area (Å²) in [6, 6.07) is 7.34. The molecule has 1 amide bonds. The summed E-state index contributed by atoms with van der Waals surface area (Å²) in [5.41, 5.74) is 0.586. The fourth-order valence-electron chi connectivity index (χ4n) is 3.19. The Hall–Kier alpha value is -3.09. The highest BCUT2D eigenvalue weighted by molar-refractivity contribution is 5.97. The van der Waals surface area contributed by atoms with Crippen molar-refractivity contribution in [1.82, 2.24) is 14.9 Å². The van der Waals surface area contributed by atoms with Crippen LogP contribution >= 0.6 is 0 Å². The fourth-order valence-corrected chi connectivity index (χ4v) is 3.19. The van der Waals surface area contributed by atoms with E-state index in [1.807, 2.05) is 18.2 Å². The first-order chi connectivity index (χ1) is 12.7. The molecule has 0 unspecified atom stereocenters. The number of nitrogens with zero attached hydrogens (tertiary/aromatic N) is 3. The lowest BCUT2D eigenvalue weighted by molar-refractivity contribution is 0.0501. The van der Waals surface area contributed by atoms with Crippen LogP contribution in [0.1, 0.15) is 23.4 Å². The number of aromatic nitrogens is 2. The third-order valence-electron chi connectivity index (χ3n) is 4.43. The van der Waals surface area contributed by atoms with Crippen LogP contribution in [0.2, 0.25) is 0 Å². The summed E-state index contributed by atoms with van der Waals surface area (Å²) in [5.74, 6) is 1.25. The fraction of sp³-hybridized carbons (Fsp3) is 0.316. The van der Waals surface area contributed by atoms with Gasteiger partial charge in [-0.2, -0.15) is 0 Å².